The molecule has 0 aliphatic rings. The number of hydrogen-bond acceptors (Lipinski definition) is 0. The van der Waals surface area contributed by atoms with Gasteiger partial charge in [-0.15, -0.1) is 0 Å². The van der Waals surface area contributed by atoms with Crippen LogP contribution in [0.2, 0.25) is 0 Å². The van der Waals surface area contributed by atoms with Gasteiger partial charge in [0.25, 0.3) is 0 Å². The SMILES string of the molecule is [C]#CCCCCCCCCCCC(C)F. The molecule has 0 bridgehead atoms. The van der Waals surface area contributed by atoms with E-state index in [1.165, 1.54) is 38.5 Å². The monoisotopic (exact) mass is 211 g/mol. The van der Waals surface area contributed by atoms with E-state index in [4.69, 9.17) is 6.42 Å². The summed E-state index contributed by atoms with van der Waals surface area (Å²) in [6.07, 6.45) is 17.4. The molecule has 0 aliphatic carbocycles. The molecule has 0 spiro atoms. The topological polar surface area (TPSA) is 0 Å². The van der Waals surface area contributed by atoms with Crippen LogP contribution in [0.5, 0.6) is 0 Å². The third-order valence-corrected chi connectivity index (χ3v) is 2.65. The van der Waals surface area contributed by atoms with Crippen LogP contribution in [0.3, 0.4) is 0 Å². The first-order valence-corrected chi connectivity index (χ1v) is 6.31. The van der Waals surface area contributed by atoms with Gasteiger partial charge in [-0.3, -0.25) is 0 Å². The summed E-state index contributed by atoms with van der Waals surface area (Å²) >= 11 is 0. The van der Waals surface area contributed by atoms with Crippen LogP contribution in [0.15, 0.2) is 0 Å². The van der Waals surface area contributed by atoms with Gasteiger partial charge in [0.05, 0.1) is 6.17 Å². The zero-order chi connectivity index (χ0) is 11.4. The van der Waals surface area contributed by atoms with Crippen LogP contribution in [0.25, 0.3) is 0 Å². The Hall–Kier alpha value is -0.510. The van der Waals surface area contributed by atoms with Crippen molar-refractivity contribution in [2.24, 2.45) is 0 Å². The number of rotatable bonds is 10. The van der Waals surface area contributed by atoms with E-state index in [1.54, 1.807) is 6.92 Å². The highest BCUT2D eigenvalue weighted by atomic mass is 19.1. The summed E-state index contributed by atoms with van der Waals surface area (Å²) in [7, 11) is 0. The fourth-order valence-corrected chi connectivity index (χ4v) is 1.70. The zero-order valence-corrected chi connectivity index (χ0v) is 10.0. The third kappa shape index (κ3) is 13.5. The van der Waals surface area contributed by atoms with Gasteiger partial charge < -0.3 is 0 Å². The molecule has 0 fully saturated rings. The van der Waals surface area contributed by atoms with Gasteiger partial charge in [0.1, 0.15) is 0 Å². The molecule has 1 radical (unpaired) electrons. The van der Waals surface area contributed by atoms with Crippen molar-refractivity contribution in [2.75, 3.05) is 0 Å². The highest BCUT2D eigenvalue weighted by Crippen LogP contribution is 2.11. The molecule has 0 aliphatic heterocycles. The van der Waals surface area contributed by atoms with Gasteiger partial charge in [0.15, 0.2) is 0 Å². The lowest BCUT2D eigenvalue weighted by Crippen LogP contribution is -1.91. The Morgan fingerprint density at radius 1 is 0.933 bits per heavy atom. The Kier molecular flexibility index (Phi) is 11.2. The molecular formula is C14H24F. The highest BCUT2D eigenvalue weighted by Gasteiger charge is 1.97. The second-order valence-electron chi connectivity index (χ2n) is 4.32. The number of hydrogen-bond donors (Lipinski definition) is 0. The summed E-state index contributed by atoms with van der Waals surface area (Å²) in [5.41, 5.74) is 0. The largest absolute Gasteiger partial charge is 0.248 e. The van der Waals surface area contributed by atoms with Crippen molar-refractivity contribution in [3.05, 3.63) is 6.42 Å². The van der Waals surface area contributed by atoms with Crippen LogP contribution in [0.1, 0.15) is 71.1 Å². The van der Waals surface area contributed by atoms with E-state index in [0.717, 1.165) is 25.7 Å². The minimum Gasteiger partial charge on any atom is -0.248 e. The summed E-state index contributed by atoms with van der Waals surface area (Å²) in [5, 5.41) is 0. The van der Waals surface area contributed by atoms with E-state index in [-0.39, 0.29) is 0 Å². The van der Waals surface area contributed by atoms with E-state index >= 15 is 0 Å². The van der Waals surface area contributed by atoms with E-state index in [0.29, 0.717) is 0 Å². The van der Waals surface area contributed by atoms with Gasteiger partial charge >= 0.3 is 0 Å². The van der Waals surface area contributed by atoms with Crippen LogP contribution >= 0.6 is 0 Å². The molecule has 1 heteroatoms. The Labute approximate surface area is 94.6 Å². The Morgan fingerprint density at radius 3 is 1.87 bits per heavy atom. The normalized spacial score (nSPS) is 12.3. The second-order valence-corrected chi connectivity index (χ2v) is 4.32. The third-order valence-electron chi connectivity index (χ3n) is 2.65. The number of halogens is 1. The lowest BCUT2D eigenvalue weighted by molar-refractivity contribution is 0.329. The summed E-state index contributed by atoms with van der Waals surface area (Å²) in [4.78, 5) is 0. The molecule has 1 unspecified atom stereocenters. The molecule has 0 saturated heterocycles. The number of alkyl halides is 1. The van der Waals surface area contributed by atoms with Crippen molar-refractivity contribution in [1.82, 2.24) is 0 Å². The molecule has 15 heavy (non-hydrogen) atoms. The predicted molar refractivity (Wildman–Crippen MR) is 63.9 cm³/mol. The zero-order valence-electron chi connectivity index (χ0n) is 10.0. The van der Waals surface area contributed by atoms with Gasteiger partial charge in [-0.05, 0) is 26.2 Å². The van der Waals surface area contributed by atoms with Gasteiger partial charge in [0, 0.05) is 6.42 Å². The van der Waals surface area contributed by atoms with Crippen molar-refractivity contribution in [1.29, 1.82) is 0 Å². The van der Waals surface area contributed by atoms with Gasteiger partial charge in [-0.25, -0.2) is 4.39 Å². The van der Waals surface area contributed by atoms with Gasteiger partial charge in [-0.1, -0.05) is 50.9 Å². The van der Waals surface area contributed by atoms with Gasteiger partial charge in [-0.2, -0.15) is 0 Å². The molecule has 0 saturated carbocycles. The quantitative estimate of drug-likeness (QED) is 0.358. The van der Waals surface area contributed by atoms with Crippen LogP contribution < -0.4 is 0 Å². The lowest BCUT2D eigenvalue weighted by Gasteiger charge is -2.02. The average molecular weight is 211 g/mol. The minimum absolute atomic E-state index is 0.623. The second kappa shape index (κ2) is 11.6. The van der Waals surface area contributed by atoms with E-state index in [1.807, 2.05) is 0 Å². The molecule has 0 aromatic carbocycles. The number of unbranched alkanes of at least 4 members (excludes halogenated alkanes) is 8. The Morgan fingerprint density at radius 2 is 1.40 bits per heavy atom. The predicted octanol–water partition coefficient (Wildman–Crippen LogP) is 4.84. The molecule has 0 aromatic rings. The molecule has 0 heterocycles. The Bertz CT molecular complexity index is 155. The Balaban J connectivity index is 2.90. The van der Waals surface area contributed by atoms with Crippen molar-refractivity contribution in [2.45, 2.75) is 77.3 Å². The first kappa shape index (κ1) is 14.5. The van der Waals surface area contributed by atoms with Gasteiger partial charge in [0.2, 0.25) is 0 Å². The lowest BCUT2D eigenvalue weighted by atomic mass is 10.1. The first-order chi connectivity index (χ1) is 7.27. The van der Waals surface area contributed by atoms with Crippen molar-refractivity contribution < 1.29 is 4.39 Å². The summed E-state index contributed by atoms with van der Waals surface area (Å²) in [6.45, 7) is 1.64. The molecule has 0 rings (SSSR count). The molecular weight excluding hydrogens is 187 g/mol. The molecule has 87 valence electrons. The smallest absolute Gasteiger partial charge is 0.0973 e. The van der Waals surface area contributed by atoms with Crippen LogP contribution in [-0.2, 0) is 0 Å². The molecule has 0 N–H and O–H groups in total. The molecule has 1 atom stereocenters. The fraction of sp³-hybridized carbons (Fsp3) is 0.857. The van der Waals surface area contributed by atoms with E-state index in [2.05, 4.69) is 5.92 Å². The molecule has 0 aromatic heterocycles. The maximum atomic E-state index is 12.4. The fourth-order valence-electron chi connectivity index (χ4n) is 1.70. The van der Waals surface area contributed by atoms with Crippen molar-refractivity contribution in [3.8, 4) is 5.92 Å². The molecule has 0 amide bonds. The van der Waals surface area contributed by atoms with Crippen LogP contribution in [0, 0.1) is 12.3 Å². The standard InChI is InChI=1S/C14H24F/c1-3-4-5-6-7-8-9-10-11-12-13-14(2)15/h14H,4-13H2,2H3. The van der Waals surface area contributed by atoms with E-state index < -0.39 is 6.17 Å². The first-order valence-electron chi connectivity index (χ1n) is 6.31. The molecule has 0 nitrogen and oxygen atoms in total. The summed E-state index contributed by atoms with van der Waals surface area (Å²) in [5.74, 6) is 2.41. The van der Waals surface area contributed by atoms with Crippen molar-refractivity contribution in [3.63, 3.8) is 0 Å². The van der Waals surface area contributed by atoms with E-state index in [9.17, 15) is 4.39 Å². The van der Waals surface area contributed by atoms with Crippen LogP contribution in [0.4, 0.5) is 4.39 Å². The van der Waals surface area contributed by atoms with Crippen LogP contribution in [-0.4, -0.2) is 6.17 Å². The maximum absolute atomic E-state index is 12.4. The van der Waals surface area contributed by atoms with Crippen molar-refractivity contribution >= 4 is 0 Å². The summed E-state index contributed by atoms with van der Waals surface area (Å²) in [6, 6.07) is 0. The average Bonchev–Trinajstić information content (AvgIpc) is 2.20. The maximum Gasteiger partial charge on any atom is 0.0973 e. The summed E-state index contributed by atoms with van der Waals surface area (Å²) < 4.78 is 12.4. The minimum atomic E-state index is -0.623. The highest BCUT2D eigenvalue weighted by molar-refractivity contribution is 4.74.